The Labute approximate surface area is 123 Å². The molecular weight excluding hydrogens is 301 g/mol. The number of carbonyl (C=O) groups is 1. The summed E-state index contributed by atoms with van der Waals surface area (Å²) in [5, 5.41) is 17.9. The third-order valence-corrected chi connectivity index (χ3v) is 3.58. The zero-order valence-electron chi connectivity index (χ0n) is 9.92. The number of fused-ring (bicyclic) bond motifs is 1. The molecule has 0 aliphatic heterocycles. The molecule has 0 amide bonds. The lowest BCUT2D eigenvalue weighted by molar-refractivity contribution is 0.0698. The number of benzene rings is 1. The highest BCUT2D eigenvalue weighted by Crippen LogP contribution is 2.28. The van der Waals surface area contributed by atoms with E-state index in [9.17, 15) is 4.79 Å². The summed E-state index contributed by atoms with van der Waals surface area (Å²) in [4.78, 5) is 11.1. The average Bonchev–Trinajstić information content (AvgIpc) is 2.85. The van der Waals surface area contributed by atoms with Crippen molar-refractivity contribution >= 4 is 34.8 Å². The first-order valence-corrected chi connectivity index (χ1v) is 6.36. The van der Waals surface area contributed by atoms with Crippen molar-refractivity contribution in [3.05, 3.63) is 52.1 Å². The van der Waals surface area contributed by atoms with Gasteiger partial charge in [-0.05, 0) is 30.3 Å². The maximum Gasteiger partial charge on any atom is 0.339 e. The van der Waals surface area contributed by atoms with Crippen LogP contribution in [0.4, 0.5) is 0 Å². The molecule has 1 N–H and O–H groups in total. The molecule has 0 fully saturated rings. The first kappa shape index (κ1) is 12.9. The number of rotatable bonds is 2. The summed E-state index contributed by atoms with van der Waals surface area (Å²) < 4.78 is 1.60. The minimum Gasteiger partial charge on any atom is -0.478 e. The van der Waals surface area contributed by atoms with Gasteiger partial charge in [0, 0.05) is 11.8 Å². The Morgan fingerprint density at radius 2 is 1.95 bits per heavy atom. The number of pyridine rings is 1. The topological polar surface area (TPSA) is 67.5 Å². The number of carboxylic acid groups (broad SMARTS) is 1. The molecule has 0 atom stereocenters. The van der Waals surface area contributed by atoms with Gasteiger partial charge in [-0.15, -0.1) is 10.2 Å². The van der Waals surface area contributed by atoms with Crippen molar-refractivity contribution in [2.75, 3.05) is 0 Å². The Morgan fingerprint density at radius 3 is 2.65 bits per heavy atom. The molecule has 3 aromatic rings. The van der Waals surface area contributed by atoms with E-state index in [1.807, 2.05) is 0 Å². The molecule has 2 heterocycles. The molecule has 0 bridgehead atoms. The van der Waals surface area contributed by atoms with Gasteiger partial charge in [-0.3, -0.25) is 4.40 Å². The van der Waals surface area contributed by atoms with E-state index >= 15 is 0 Å². The molecule has 0 radical (unpaired) electrons. The van der Waals surface area contributed by atoms with Crippen LogP contribution < -0.4 is 0 Å². The van der Waals surface area contributed by atoms with E-state index in [2.05, 4.69) is 10.2 Å². The first-order valence-electron chi connectivity index (χ1n) is 5.60. The Bertz CT molecular complexity index is 830. The molecule has 3 rings (SSSR count). The standard InChI is InChI=1S/C13H7Cl2N3O2/c14-9-4-3-7(6-10(9)15)11-16-17-12-8(13(19)20)2-1-5-18(11)12/h1-6H,(H,19,20). The van der Waals surface area contributed by atoms with Gasteiger partial charge in [0.2, 0.25) is 0 Å². The van der Waals surface area contributed by atoms with Crippen molar-refractivity contribution in [2.45, 2.75) is 0 Å². The maximum absolute atomic E-state index is 11.1. The molecule has 2 aromatic heterocycles. The predicted molar refractivity (Wildman–Crippen MR) is 75.4 cm³/mol. The van der Waals surface area contributed by atoms with Gasteiger partial charge in [0.1, 0.15) is 5.56 Å². The van der Waals surface area contributed by atoms with Gasteiger partial charge in [-0.1, -0.05) is 23.2 Å². The van der Waals surface area contributed by atoms with E-state index in [0.29, 0.717) is 21.4 Å². The van der Waals surface area contributed by atoms with Crippen LogP contribution in [0.25, 0.3) is 17.0 Å². The summed E-state index contributed by atoms with van der Waals surface area (Å²) in [6, 6.07) is 8.17. The second-order valence-electron chi connectivity index (χ2n) is 4.07. The molecule has 0 unspecified atom stereocenters. The molecule has 5 nitrogen and oxygen atoms in total. The fraction of sp³-hybridized carbons (Fsp3) is 0. The lowest BCUT2D eigenvalue weighted by Gasteiger charge is -2.03. The average molecular weight is 308 g/mol. The number of hydrogen-bond acceptors (Lipinski definition) is 3. The summed E-state index contributed by atoms with van der Waals surface area (Å²) in [6.45, 7) is 0. The second kappa shape index (κ2) is 4.77. The normalized spacial score (nSPS) is 10.9. The van der Waals surface area contributed by atoms with Crippen LogP contribution in [-0.2, 0) is 0 Å². The largest absolute Gasteiger partial charge is 0.478 e. The Balaban J connectivity index is 2.25. The molecule has 0 aliphatic carbocycles. The highest BCUT2D eigenvalue weighted by Gasteiger charge is 2.15. The van der Waals surface area contributed by atoms with Gasteiger partial charge >= 0.3 is 5.97 Å². The molecule has 0 aliphatic rings. The highest BCUT2D eigenvalue weighted by molar-refractivity contribution is 6.42. The third-order valence-electron chi connectivity index (χ3n) is 2.84. The van der Waals surface area contributed by atoms with E-state index in [4.69, 9.17) is 28.3 Å². The maximum atomic E-state index is 11.1. The Hall–Kier alpha value is -2.11. The van der Waals surface area contributed by atoms with Gasteiger partial charge in [0.05, 0.1) is 10.0 Å². The van der Waals surface area contributed by atoms with Crippen LogP contribution in [0.1, 0.15) is 10.4 Å². The number of halogens is 2. The summed E-state index contributed by atoms with van der Waals surface area (Å²) in [5.74, 6) is -0.551. The van der Waals surface area contributed by atoms with E-state index in [0.717, 1.165) is 0 Å². The Morgan fingerprint density at radius 1 is 1.15 bits per heavy atom. The van der Waals surface area contributed by atoms with Crippen LogP contribution in [0.3, 0.4) is 0 Å². The quantitative estimate of drug-likeness (QED) is 0.788. The van der Waals surface area contributed by atoms with Crippen molar-refractivity contribution in [3.8, 4) is 11.4 Å². The van der Waals surface area contributed by atoms with Crippen LogP contribution in [-0.4, -0.2) is 25.7 Å². The molecule has 100 valence electrons. The number of nitrogens with zero attached hydrogens (tertiary/aromatic N) is 3. The van der Waals surface area contributed by atoms with Gasteiger partial charge in [0.25, 0.3) is 0 Å². The summed E-state index contributed by atoms with van der Waals surface area (Å²) in [5.41, 5.74) is 1.07. The molecule has 20 heavy (non-hydrogen) atoms. The third kappa shape index (κ3) is 2.01. The molecule has 0 saturated carbocycles. The second-order valence-corrected chi connectivity index (χ2v) is 4.89. The lowest BCUT2D eigenvalue weighted by Crippen LogP contribution is -2.00. The van der Waals surface area contributed by atoms with Crippen molar-refractivity contribution in [3.63, 3.8) is 0 Å². The molecule has 0 spiro atoms. The fourth-order valence-corrected chi connectivity index (χ4v) is 2.21. The number of aromatic nitrogens is 3. The summed E-state index contributed by atoms with van der Waals surface area (Å²) in [6.07, 6.45) is 1.69. The minimum absolute atomic E-state index is 0.0892. The van der Waals surface area contributed by atoms with E-state index in [1.54, 1.807) is 34.9 Å². The highest BCUT2D eigenvalue weighted by atomic mass is 35.5. The monoisotopic (exact) mass is 307 g/mol. The van der Waals surface area contributed by atoms with Crippen LogP contribution in [0, 0.1) is 0 Å². The summed E-state index contributed by atoms with van der Waals surface area (Å²) >= 11 is 11.9. The molecule has 7 heteroatoms. The first-order chi connectivity index (χ1) is 9.58. The lowest BCUT2D eigenvalue weighted by atomic mass is 10.2. The van der Waals surface area contributed by atoms with Crippen molar-refractivity contribution in [2.24, 2.45) is 0 Å². The van der Waals surface area contributed by atoms with Crippen LogP contribution in [0.5, 0.6) is 0 Å². The van der Waals surface area contributed by atoms with E-state index < -0.39 is 5.97 Å². The van der Waals surface area contributed by atoms with Crippen molar-refractivity contribution in [1.29, 1.82) is 0 Å². The van der Waals surface area contributed by atoms with E-state index in [1.165, 1.54) is 6.07 Å². The van der Waals surface area contributed by atoms with Crippen LogP contribution in [0.15, 0.2) is 36.5 Å². The summed E-state index contributed by atoms with van der Waals surface area (Å²) in [7, 11) is 0. The van der Waals surface area contributed by atoms with Crippen molar-refractivity contribution in [1.82, 2.24) is 14.6 Å². The van der Waals surface area contributed by atoms with Gasteiger partial charge in [-0.2, -0.15) is 0 Å². The number of aromatic carboxylic acids is 1. The number of hydrogen-bond donors (Lipinski definition) is 1. The van der Waals surface area contributed by atoms with E-state index in [-0.39, 0.29) is 11.2 Å². The molecule has 1 aromatic carbocycles. The zero-order valence-corrected chi connectivity index (χ0v) is 11.4. The van der Waals surface area contributed by atoms with Gasteiger partial charge < -0.3 is 5.11 Å². The minimum atomic E-state index is -1.05. The van der Waals surface area contributed by atoms with Crippen LogP contribution >= 0.6 is 23.2 Å². The van der Waals surface area contributed by atoms with Gasteiger partial charge in [-0.25, -0.2) is 4.79 Å². The van der Waals surface area contributed by atoms with Crippen LogP contribution in [0.2, 0.25) is 10.0 Å². The smallest absolute Gasteiger partial charge is 0.339 e. The predicted octanol–water partition coefficient (Wildman–Crippen LogP) is 3.40. The molecule has 0 saturated heterocycles. The van der Waals surface area contributed by atoms with Gasteiger partial charge in [0.15, 0.2) is 11.5 Å². The molecular formula is C13H7Cl2N3O2. The SMILES string of the molecule is O=C(O)c1cccn2c(-c3ccc(Cl)c(Cl)c3)nnc12. The zero-order chi connectivity index (χ0) is 14.3. The Kier molecular flexibility index (Phi) is 3.08. The fourth-order valence-electron chi connectivity index (χ4n) is 1.92. The number of carboxylic acids is 1. The van der Waals surface area contributed by atoms with Crippen molar-refractivity contribution < 1.29 is 9.90 Å².